The highest BCUT2D eigenvalue weighted by Gasteiger charge is 2.39. The van der Waals surface area contributed by atoms with Gasteiger partial charge in [-0.25, -0.2) is 9.97 Å². The Balaban J connectivity index is 1.46. The second kappa shape index (κ2) is 12.5. The molecule has 1 heterocycles. The molecule has 4 aliphatic rings. The van der Waals surface area contributed by atoms with Gasteiger partial charge in [0, 0.05) is 36.6 Å². The van der Waals surface area contributed by atoms with Crippen molar-refractivity contribution < 1.29 is 9.59 Å². The molecular weight excluding hydrogens is 448 g/mol. The summed E-state index contributed by atoms with van der Waals surface area (Å²) in [7, 11) is 0. The predicted octanol–water partition coefficient (Wildman–Crippen LogP) is 6.69. The Morgan fingerprint density at radius 3 is 0.972 bits per heavy atom. The van der Waals surface area contributed by atoms with Crippen LogP contribution in [0, 0.1) is 0 Å². The molecule has 0 bridgehead atoms. The number of carbonyl (C=O) groups excluding carboxylic acids is 2. The van der Waals surface area contributed by atoms with Crippen molar-refractivity contribution in [3.05, 3.63) is 23.8 Å². The molecule has 0 aliphatic heterocycles. The van der Waals surface area contributed by atoms with E-state index in [4.69, 9.17) is 0 Å². The Bertz CT molecular complexity index is 758. The Kier molecular flexibility index (Phi) is 8.92. The minimum Gasteiger partial charge on any atom is -0.331 e. The van der Waals surface area contributed by atoms with Crippen LogP contribution in [-0.4, -0.2) is 55.7 Å². The van der Waals surface area contributed by atoms with Crippen LogP contribution in [-0.2, 0) is 0 Å². The summed E-state index contributed by atoms with van der Waals surface area (Å²) in [5, 5.41) is 0. The summed E-state index contributed by atoms with van der Waals surface area (Å²) in [6.45, 7) is 0. The van der Waals surface area contributed by atoms with Gasteiger partial charge in [0.2, 0.25) is 0 Å². The van der Waals surface area contributed by atoms with Gasteiger partial charge in [0.1, 0.15) is 0 Å². The van der Waals surface area contributed by atoms with E-state index < -0.39 is 0 Å². The van der Waals surface area contributed by atoms with E-state index in [9.17, 15) is 9.59 Å². The first-order valence-electron chi connectivity index (χ1n) is 15.2. The van der Waals surface area contributed by atoms with Crippen molar-refractivity contribution in [2.45, 2.75) is 153 Å². The Labute approximate surface area is 217 Å². The third-order valence-electron chi connectivity index (χ3n) is 9.44. The van der Waals surface area contributed by atoms with E-state index in [0.717, 1.165) is 51.4 Å². The second-order valence-corrected chi connectivity index (χ2v) is 11.8. The van der Waals surface area contributed by atoms with E-state index in [1.165, 1.54) is 77.0 Å². The van der Waals surface area contributed by atoms with Crippen molar-refractivity contribution >= 4 is 11.8 Å². The van der Waals surface area contributed by atoms with Crippen molar-refractivity contribution in [2.75, 3.05) is 0 Å². The molecular formula is C30H46N4O2. The summed E-state index contributed by atoms with van der Waals surface area (Å²) in [6, 6.07) is 1.08. The summed E-state index contributed by atoms with van der Waals surface area (Å²) < 4.78 is 0. The highest BCUT2D eigenvalue weighted by Crippen LogP contribution is 2.34. The number of hydrogen-bond donors (Lipinski definition) is 0. The molecule has 0 saturated heterocycles. The van der Waals surface area contributed by atoms with Gasteiger partial charge in [0.25, 0.3) is 11.8 Å². The van der Waals surface area contributed by atoms with Crippen LogP contribution in [0.4, 0.5) is 0 Å². The molecule has 0 radical (unpaired) electrons. The van der Waals surface area contributed by atoms with Gasteiger partial charge in [-0.05, 0) is 51.4 Å². The number of carbonyl (C=O) groups is 2. The monoisotopic (exact) mass is 494 g/mol. The fourth-order valence-electron chi connectivity index (χ4n) is 7.59. The van der Waals surface area contributed by atoms with Crippen LogP contribution in [0.1, 0.15) is 149 Å². The molecule has 6 nitrogen and oxygen atoms in total. The van der Waals surface area contributed by atoms with Gasteiger partial charge in [-0.1, -0.05) is 77.0 Å². The lowest BCUT2D eigenvalue weighted by atomic mass is 9.87. The van der Waals surface area contributed by atoms with Crippen LogP contribution in [0.15, 0.2) is 12.4 Å². The lowest BCUT2D eigenvalue weighted by Crippen LogP contribution is -2.51. The molecule has 4 saturated carbocycles. The second-order valence-electron chi connectivity index (χ2n) is 11.8. The molecule has 0 N–H and O–H groups in total. The van der Waals surface area contributed by atoms with Gasteiger partial charge in [-0.2, -0.15) is 0 Å². The SMILES string of the molecule is O=C(c1nccnc1C(=O)N(C1CCCCC1)C1CCCCC1)N(C1CCCCC1)C1CCCCC1. The van der Waals surface area contributed by atoms with Gasteiger partial charge < -0.3 is 9.80 Å². The molecule has 4 aliphatic carbocycles. The first kappa shape index (κ1) is 25.7. The van der Waals surface area contributed by atoms with E-state index >= 15 is 0 Å². The largest absolute Gasteiger partial charge is 0.331 e. The van der Waals surface area contributed by atoms with Gasteiger partial charge in [-0.15, -0.1) is 0 Å². The molecule has 4 fully saturated rings. The van der Waals surface area contributed by atoms with Crippen molar-refractivity contribution in [1.82, 2.24) is 19.8 Å². The molecule has 1 aromatic heterocycles. The quantitative estimate of drug-likeness (QED) is 0.442. The molecule has 0 unspecified atom stereocenters. The minimum atomic E-state index is -0.0440. The molecule has 198 valence electrons. The van der Waals surface area contributed by atoms with Crippen molar-refractivity contribution in [2.24, 2.45) is 0 Å². The zero-order valence-electron chi connectivity index (χ0n) is 22.2. The van der Waals surface area contributed by atoms with Gasteiger partial charge in [0.15, 0.2) is 11.4 Å². The highest BCUT2D eigenvalue weighted by atomic mass is 16.2. The van der Waals surface area contributed by atoms with Gasteiger partial charge in [-0.3, -0.25) is 9.59 Å². The maximum absolute atomic E-state index is 14.3. The number of nitrogens with zero attached hydrogens (tertiary/aromatic N) is 4. The average Bonchev–Trinajstić information content (AvgIpc) is 2.95. The smallest absolute Gasteiger partial charge is 0.275 e. The molecule has 2 amide bonds. The fraction of sp³-hybridized carbons (Fsp3) is 0.800. The fourth-order valence-corrected chi connectivity index (χ4v) is 7.59. The molecule has 6 heteroatoms. The van der Waals surface area contributed by atoms with Crippen LogP contribution in [0.3, 0.4) is 0 Å². The molecule has 1 aromatic rings. The van der Waals surface area contributed by atoms with E-state index in [1.807, 2.05) is 0 Å². The zero-order valence-corrected chi connectivity index (χ0v) is 22.2. The molecule has 0 spiro atoms. The average molecular weight is 495 g/mol. The predicted molar refractivity (Wildman–Crippen MR) is 142 cm³/mol. The molecule has 0 atom stereocenters. The van der Waals surface area contributed by atoms with E-state index in [1.54, 1.807) is 12.4 Å². The topological polar surface area (TPSA) is 66.4 Å². The van der Waals surface area contributed by atoms with E-state index in [-0.39, 0.29) is 36.0 Å². The number of amides is 2. The highest BCUT2D eigenvalue weighted by molar-refractivity contribution is 6.05. The summed E-state index contributed by atoms with van der Waals surface area (Å²) in [4.78, 5) is 42.1. The zero-order chi connectivity index (χ0) is 24.7. The Hall–Kier alpha value is -1.98. The van der Waals surface area contributed by atoms with Crippen molar-refractivity contribution in [1.29, 1.82) is 0 Å². The van der Waals surface area contributed by atoms with Crippen LogP contribution >= 0.6 is 0 Å². The third-order valence-corrected chi connectivity index (χ3v) is 9.44. The van der Waals surface area contributed by atoms with Gasteiger partial charge >= 0.3 is 0 Å². The molecule has 0 aromatic carbocycles. The standard InChI is InChI=1S/C30H46N4O2/c35-29(33(23-13-5-1-6-14-23)24-15-7-2-8-16-24)27-28(32-22-21-31-27)30(36)34(25-17-9-3-10-18-25)26-19-11-4-12-20-26/h21-26H,1-20H2. The van der Waals surface area contributed by atoms with Crippen LogP contribution in [0.5, 0.6) is 0 Å². The summed E-state index contributed by atoms with van der Waals surface area (Å²) in [5.41, 5.74) is 0.602. The minimum absolute atomic E-state index is 0.0440. The van der Waals surface area contributed by atoms with Crippen LogP contribution in [0.2, 0.25) is 0 Å². The summed E-state index contributed by atoms with van der Waals surface area (Å²) in [5.74, 6) is -0.0880. The lowest BCUT2D eigenvalue weighted by Gasteiger charge is -2.43. The van der Waals surface area contributed by atoms with Crippen LogP contribution < -0.4 is 0 Å². The van der Waals surface area contributed by atoms with Crippen molar-refractivity contribution in [3.63, 3.8) is 0 Å². The Morgan fingerprint density at radius 1 is 0.472 bits per heavy atom. The first-order valence-corrected chi connectivity index (χ1v) is 15.2. The normalized spacial score (nSPS) is 23.3. The molecule has 36 heavy (non-hydrogen) atoms. The summed E-state index contributed by atoms with van der Waals surface area (Å²) >= 11 is 0. The lowest BCUT2D eigenvalue weighted by molar-refractivity contribution is 0.0398. The number of hydrogen-bond acceptors (Lipinski definition) is 4. The first-order chi connectivity index (χ1) is 17.7. The van der Waals surface area contributed by atoms with E-state index in [2.05, 4.69) is 19.8 Å². The number of rotatable bonds is 6. The maximum atomic E-state index is 14.3. The Morgan fingerprint density at radius 2 is 0.722 bits per heavy atom. The number of aromatic nitrogens is 2. The van der Waals surface area contributed by atoms with Crippen LogP contribution in [0.25, 0.3) is 0 Å². The summed E-state index contributed by atoms with van der Waals surface area (Å²) in [6.07, 6.45) is 26.3. The van der Waals surface area contributed by atoms with Gasteiger partial charge in [0.05, 0.1) is 0 Å². The third kappa shape index (κ3) is 5.78. The van der Waals surface area contributed by atoms with E-state index in [0.29, 0.717) is 11.4 Å². The molecule has 5 rings (SSSR count). The maximum Gasteiger partial charge on any atom is 0.275 e. The van der Waals surface area contributed by atoms with Crippen molar-refractivity contribution in [3.8, 4) is 0 Å².